The Bertz CT molecular complexity index is 816. The number of fused-ring (bicyclic) bond motifs is 1. The molecule has 0 aliphatic heterocycles. The highest BCUT2D eigenvalue weighted by molar-refractivity contribution is 7.20. The van der Waals surface area contributed by atoms with E-state index in [1.807, 2.05) is 49.0 Å². The molecule has 1 aromatic carbocycles. The summed E-state index contributed by atoms with van der Waals surface area (Å²) < 4.78 is 7.49. The Balaban J connectivity index is 1.84. The maximum Gasteiger partial charge on any atom is 0.265 e. The minimum absolute atomic E-state index is 0.127. The lowest BCUT2D eigenvalue weighted by Crippen LogP contribution is -2.11. The van der Waals surface area contributed by atoms with Gasteiger partial charge in [0, 0.05) is 12.4 Å². The molecule has 120 valence electrons. The number of carbonyl (C=O) groups is 1. The van der Waals surface area contributed by atoms with Crippen LogP contribution < -0.4 is 10.1 Å². The number of ether oxygens (including phenoxy) is 1. The molecule has 0 aliphatic carbocycles. The van der Waals surface area contributed by atoms with Crippen LogP contribution in [0.4, 0.5) is 5.69 Å². The molecule has 0 spiro atoms. The number of benzene rings is 1. The summed E-state index contributed by atoms with van der Waals surface area (Å²) in [6.07, 6.45) is 0.921. The smallest absolute Gasteiger partial charge is 0.265 e. The highest BCUT2D eigenvalue weighted by Gasteiger charge is 2.16. The second-order valence-corrected chi connectivity index (χ2v) is 6.37. The normalized spacial score (nSPS) is 10.9. The zero-order chi connectivity index (χ0) is 16.4. The quantitative estimate of drug-likeness (QED) is 0.770. The highest BCUT2D eigenvalue weighted by atomic mass is 32.1. The van der Waals surface area contributed by atoms with Gasteiger partial charge < -0.3 is 10.1 Å². The molecular formula is C17H19N3O2S. The Morgan fingerprint density at radius 3 is 2.91 bits per heavy atom. The SMILES string of the molecule is CCCOc1ccccc1NC(=O)c1cc2c(C)nn(C)c2s1. The van der Waals surface area contributed by atoms with Gasteiger partial charge in [-0.15, -0.1) is 11.3 Å². The summed E-state index contributed by atoms with van der Waals surface area (Å²) >= 11 is 1.44. The molecular weight excluding hydrogens is 310 g/mol. The minimum Gasteiger partial charge on any atom is -0.491 e. The van der Waals surface area contributed by atoms with Gasteiger partial charge in [0.25, 0.3) is 5.91 Å². The molecule has 0 saturated heterocycles. The maximum absolute atomic E-state index is 12.5. The van der Waals surface area contributed by atoms with E-state index in [0.29, 0.717) is 22.9 Å². The van der Waals surface area contributed by atoms with Gasteiger partial charge in [0.05, 0.1) is 22.9 Å². The molecule has 1 N–H and O–H groups in total. The first-order valence-electron chi connectivity index (χ1n) is 7.56. The van der Waals surface area contributed by atoms with E-state index in [4.69, 9.17) is 4.74 Å². The number of para-hydroxylation sites is 2. The van der Waals surface area contributed by atoms with Gasteiger partial charge in [-0.2, -0.15) is 5.10 Å². The van der Waals surface area contributed by atoms with Crippen LogP contribution in [-0.2, 0) is 7.05 Å². The third-order valence-corrected chi connectivity index (χ3v) is 4.72. The summed E-state index contributed by atoms with van der Waals surface area (Å²) in [6.45, 7) is 4.63. The summed E-state index contributed by atoms with van der Waals surface area (Å²) in [5.74, 6) is 0.569. The Kier molecular flexibility index (Phi) is 4.34. The van der Waals surface area contributed by atoms with Crippen LogP contribution in [0.2, 0.25) is 0 Å². The molecule has 1 amide bonds. The van der Waals surface area contributed by atoms with Crippen molar-refractivity contribution in [3.8, 4) is 5.75 Å². The van der Waals surface area contributed by atoms with E-state index in [-0.39, 0.29) is 5.91 Å². The molecule has 0 bridgehead atoms. The van der Waals surface area contributed by atoms with Crippen LogP contribution in [0.15, 0.2) is 30.3 Å². The molecule has 0 radical (unpaired) electrons. The van der Waals surface area contributed by atoms with Crippen LogP contribution >= 0.6 is 11.3 Å². The van der Waals surface area contributed by atoms with Crippen LogP contribution in [0.1, 0.15) is 28.7 Å². The number of nitrogens with zero attached hydrogens (tertiary/aromatic N) is 2. The topological polar surface area (TPSA) is 56.1 Å². The van der Waals surface area contributed by atoms with Gasteiger partial charge in [0.15, 0.2) is 0 Å². The number of aryl methyl sites for hydroxylation is 2. The Morgan fingerprint density at radius 2 is 2.17 bits per heavy atom. The molecule has 6 heteroatoms. The van der Waals surface area contributed by atoms with E-state index >= 15 is 0 Å². The fourth-order valence-corrected chi connectivity index (χ4v) is 3.43. The zero-order valence-corrected chi connectivity index (χ0v) is 14.2. The van der Waals surface area contributed by atoms with Gasteiger partial charge in [-0.05, 0) is 31.5 Å². The van der Waals surface area contributed by atoms with Gasteiger partial charge in [-0.1, -0.05) is 19.1 Å². The van der Waals surface area contributed by atoms with Crippen molar-refractivity contribution in [1.82, 2.24) is 9.78 Å². The van der Waals surface area contributed by atoms with Crippen LogP contribution in [0.5, 0.6) is 5.75 Å². The van der Waals surface area contributed by atoms with Crippen molar-refractivity contribution >= 4 is 33.1 Å². The summed E-state index contributed by atoms with van der Waals surface area (Å²) in [5.41, 5.74) is 1.63. The van der Waals surface area contributed by atoms with E-state index in [9.17, 15) is 4.79 Å². The number of aromatic nitrogens is 2. The van der Waals surface area contributed by atoms with Gasteiger partial charge in [-0.25, -0.2) is 0 Å². The molecule has 5 nitrogen and oxygen atoms in total. The van der Waals surface area contributed by atoms with Crippen molar-refractivity contribution in [2.24, 2.45) is 7.05 Å². The zero-order valence-electron chi connectivity index (χ0n) is 13.4. The second kappa shape index (κ2) is 6.42. The van der Waals surface area contributed by atoms with Crippen molar-refractivity contribution in [3.05, 3.63) is 40.9 Å². The number of hydrogen-bond donors (Lipinski definition) is 1. The monoisotopic (exact) mass is 329 g/mol. The summed E-state index contributed by atoms with van der Waals surface area (Å²) in [6, 6.07) is 9.39. The first kappa shape index (κ1) is 15.6. The number of anilines is 1. The van der Waals surface area contributed by atoms with E-state index in [1.54, 1.807) is 0 Å². The fraction of sp³-hybridized carbons (Fsp3) is 0.294. The predicted octanol–water partition coefficient (Wildman–Crippen LogP) is 3.98. The lowest BCUT2D eigenvalue weighted by atomic mass is 10.2. The third-order valence-electron chi connectivity index (χ3n) is 3.52. The summed E-state index contributed by atoms with van der Waals surface area (Å²) in [4.78, 5) is 14.2. The largest absolute Gasteiger partial charge is 0.491 e. The maximum atomic E-state index is 12.5. The van der Waals surface area contributed by atoms with Crippen LogP contribution in [0.25, 0.3) is 10.2 Å². The summed E-state index contributed by atoms with van der Waals surface area (Å²) in [5, 5.41) is 8.33. The van der Waals surface area contributed by atoms with Gasteiger partial charge >= 0.3 is 0 Å². The van der Waals surface area contributed by atoms with Crippen molar-refractivity contribution < 1.29 is 9.53 Å². The molecule has 3 rings (SSSR count). The predicted molar refractivity (Wildman–Crippen MR) is 93.5 cm³/mol. The summed E-state index contributed by atoms with van der Waals surface area (Å²) in [7, 11) is 1.89. The van der Waals surface area contributed by atoms with Crippen molar-refractivity contribution in [2.75, 3.05) is 11.9 Å². The molecule has 0 atom stereocenters. The van der Waals surface area contributed by atoms with Crippen LogP contribution in [0.3, 0.4) is 0 Å². The minimum atomic E-state index is -0.127. The Labute approximate surface area is 138 Å². The molecule has 2 heterocycles. The van der Waals surface area contributed by atoms with Crippen molar-refractivity contribution in [1.29, 1.82) is 0 Å². The number of hydrogen-bond acceptors (Lipinski definition) is 4. The third kappa shape index (κ3) is 3.07. The Morgan fingerprint density at radius 1 is 1.39 bits per heavy atom. The van der Waals surface area contributed by atoms with E-state index in [2.05, 4.69) is 17.3 Å². The molecule has 0 saturated carbocycles. The number of rotatable bonds is 5. The van der Waals surface area contributed by atoms with Gasteiger partial charge in [-0.3, -0.25) is 9.48 Å². The highest BCUT2D eigenvalue weighted by Crippen LogP contribution is 2.30. The van der Waals surface area contributed by atoms with Crippen molar-refractivity contribution in [2.45, 2.75) is 20.3 Å². The van der Waals surface area contributed by atoms with Crippen LogP contribution in [0, 0.1) is 6.92 Å². The molecule has 0 unspecified atom stereocenters. The first-order chi connectivity index (χ1) is 11.1. The Hall–Kier alpha value is -2.34. The molecule has 0 fully saturated rings. The molecule has 23 heavy (non-hydrogen) atoms. The average Bonchev–Trinajstić information content (AvgIpc) is 3.09. The number of nitrogens with one attached hydrogen (secondary N) is 1. The van der Waals surface area contributed by atoms with Gasteiger partial charge in [0.1, 0.15) is 10.6 Å². The first-order valence-corrected chi connectivity index (χ1v) is 8.38. The lowest BCUT2D eigenvalue weighted by molar-refractivity contribution is 0.103. The molecule has 3 aromatic rings. The van der Waals surface area contributed by atoms with Crippen LogP contribution in [-0.4, -0.2) is 22.3 Å². The van der Waals surface area contributed by atoms with E-state index in [1.165, 1.54) is 11.3 Å². The van der Waals surface area contributed by atoms with E-state index < -0.39 is 0 Å². The number of carbonyl (C=O) groups excluding carboxylic acids is 1. The number of amides is 1. The molecule has 2 aromatic heterocycles. The van der Waals surface area contributed by atoms with E-state index in [0.717, 1.165) is 22.3 Å². The van der Waals surface area contributed by atoms with Gasteiger partial charge in [0.2, 0.25) is 0 Å². The fourth-order valence-electron chi connectivity index (χ4n) is 2.41. The average molecular weight is 329 g/mol. The second-order valence-electron chi connectivity index (χ2n) is 5.34. The molecule has 0 aliphatic rings. The lowest BCUT2D eigenvalue weighted by Gasteiger charge is -2.11. The number of thiophene rings is 1. The standard InChI is InChI=1S/C17H19N3O2S/c1-4-9-22-14-8-6-5-7-13(14)18-16(21)15-10-12-11(2)19-20(3)17(12)23-15/h5-8,10H,4,9H2,1-3H3,(H,18,21). The van der Waals surface area contributed by atoms with Crippen molar-refractivity contribution in [3.63, 3.8) is 0 Å².